The predicted octanol–water partition coefficient (Wildman–Crippen LogP) is 3.40. The Labute approximate surface area is 287 Å². The van der Waals surface area contributed by atoms with E-state index >= 15 is 0 Å². The zero-order valence-electron chi connectivity index (χ0n) is 28.9. The molecule has 2 amide bonds. The van der Waals surface area contributed by atoms with Crippen LogP contribution in [-0.4, -0.2) is 68.6 Å². The van der Waals surface area contributed by atoms with Crippen LogP contribution in [0.4, 0.5) is 9.59 Å². The number of unbranched alkanes of at least 4 members (excludes halogenated alkanes) is 1. The molecule has 0 aromatic carbocycles. The summed E-state index contributed by atoms with van der Waals surface area (Å²) in [5.74, 6) is 0.231. The number of ether oxygens (including phenoxy) is 4. The molecule has 0 radical (unpaired) electrons. The van der Waals surface area contributed by atoms with Gasteiger partial charge in [0.05, 0.1) is 18.0 Å². The first-order chi connectivity index (χ1) is 19.4. The summed E-state index contributed by atoms with van der Waals surface area (Å²) in [5, 5.41) is -0.407. The Morgan fingerprint density at radius 2 is 1.32 bits per heavy atom. The fraction of sp³-hybridized carbons (Fsp3) is 0.893. The van der Waals surface area contributed by atoms with Gasteiger partial charge in [-0.3, -0.25) is 0 Å². The molecular formula is C28H56BrLiN2O10S2. The summed E-state index contributed by atoms with van der Waals surface area (Å²) in [6, 6.07) is 0. The van der Waals surface area contributed by atoms with Crippen LogP contribution >= 0.6 is 15.9 Å². The van der Waals surface area contributed by atoms with Gasteiger partial charge in [0.25, 0.3) is 10.0 Å². The Hall–Kier alpha value is -0.563. The van der Waals surface area contributed by atoms with Gasteiger partial charge >= 0.3 is 31.0 Å². The van der Waals surface area contributed by atoms with E-state index in [1.54, 1.807) is 41.5 Å². The molecule has 0 atom stereocenters. The molecule has 0 aromatic heterocycles. The molecule has 0 saturated heterocycles. The van der Waals surface area contributed by atoms with Gasteiger partial charge in [-0.2, -0.15) is 6.42 Å². The van der Waals surface area contributed by atoms with Crippen LogP contribution in [0.2, 0.25) is 0 Å². The SMILES string of the molecule is CC(C)(C)OC(=O)NS(=O)(=O)C1CC1.CC(C)COC1(S(=O)(=O)NC(=O)OC(C)(C)C)CC1.CC(C)OCBr.[CH2-]CCC.[Li+]. The first-order valence-corrected chi connectivity index (χ1v) is 18.6. The molecule has 2 N–H and O–H groups in total. The monoisotopic (exact) mass is 730 g/mol. The molecule has 0 bridgehead atoms. The van der Waals surface area contributed by atoms with Crippen molar-refractivity contribution in [1.82, 2.24) is 9.44 Å². The molecule has 12 nitrogen and oxygen atoms in total. The molecule has 0 aromatic rings. The third kappa shape index (κ3) is 24.6. The van der Waals surface area contributed by atoms with Crippen molar-refractivity contribution >= 4 is 48.2 Å². The molecule has 2 aliphatic carbocycles. The summed E-state index contributed by atoms with van der Waals surface area (Å²) in [7, 11) is -7.35. The number of carbonyl (C=O) groups is 2. The molecule has 44 heavy (non-hydrogen) atoms. The zero-order chi connectivity index (χ0) is 34.3. The number of hydrogen-bond acceptors (Lipinski definition) is 10. The largest absolute Gasteiger partial charge is 1.00 e. The molecule has 2 saturated carbocycles. The van der Waals surface area contributed by atoms with E-state index in [1.807, 2.05) is 37.1 Å². The Balaban J connectivity index is -0.000000588. The van der Waals surface area contributed by atoms with Crippen LogP contribution in [-0.2, 0) is 39.0 Å². The molecule has 2 rings (SSSR count). The van der Waals surface area contributed by atoms with Crippen molar-refractivity contribution < 1.29 is 64.2 Å². The van der Waals surface area contributed by atoms with Crippen LogP contribution in [0.15, 0.2) is 0 Å². The van der Waals surface area contributed by atoms with Crippen LogP contribution in [0, 0.1) is 12.8 Å². The summed E-state index contributed by atoms with van der Waals surface area (Å²) in [6.07, 6.45) is 2.81. The number of sulfonamides is 2. The van der Waals surface area contributed by atoms with Crippen molar-refractivity contribution in [2.24, 2.45) is 5.92 Å². The molecule has 2 aliphatic rings. The number of rotatable bonds is 10. The summed E-state index contributed by atoms with van der Waals surface area (Å²) in [5.41, 5.74) is -0.775. The standard InChI is InChI=1S/C12H23NO5S.C8H15NO4S.C4H9BrO.C4H9.Li/c1-9(2)8-17-12(6-7-12)19(15,16)13-10(14)18-11(3,4)5;1-8(2,3)13-7(10)9-14(11,12)6-4-5-6;1-4(2)6-3-5;1-3-4-2;/h9H,6-8H2,1-5H3,(H,13,14);6H,4-5H2,1-3H3,(H,9,10);4H,3H2,1-2H3;1,3-4H2,2H3;/q;;;-1;+1. The number of halogens is 1. The van der Waals surface area contributed by atoms with Gasteiger partial charge in [-0.05, 0) is 87.0 Å². The average molecular weight is 732 g/mol. The minimum atomic E-state index is -3.86. The van der Waals surface area contributed by atoms with E-state index in [-0.39, 0.29) is 24.8 Å². The Bertz CT molecular complexity index is 1030. The number of nitrogens with one attached hydrogen (secondary N) is 2. The number of hydrogen-bond donors (Lipinski definition) is 2. The van der Waals surface area contributed by atoms with E-state index in [9.17, 15) is 26.4 Å². The minimum Gasteiger partial charge on any atom is -0.443 e. The van der Waals surface area contributed by atoms with Crippen LogP contribution in [0.1, 0.15) is 115 Å². The Kier molecular flexibility index (Phi) is 23.2. The molecule has 0 aliphatic heterocycles. The van der Waals surface area contributed by atoms with Crippen LogP contribution in [0.5, 0.6) is 0 Å². The summed E-state index contributed by atoms with van der Waals surface area (Å²) in [4.78, 5) is 21.4. The van der Waals surface area contributed by atoms with E-state index in [0.717, 1.165) is 6.42 Å². The van der Waals surface area contributed by atoms with Crippen LogP contribution < -0.4 is 28.3 Å². The van der Waals surface area contributed by atoms with Gasteiger partial charge in [0.15, 0.2) is 4.93 Å². The summed E-state index contributed by atoms with van der Waals surface area (Å²) in [6.45, 7) is 24.0. The quantitative estimate of drug-likeness (QED) is 0.194. The van der Waals surface area contributed by atoms with E-state index in [0.29, 0.717) is 43.9 Å². The predicted molar refractivity (Wildman–Crippen MR) is 173 cm³/mol. The molecule has 258 valence electrons. The second-order valence-corrected chi connectivity index (χ2v) is 17.1. The van der Waals surface area contributed by atoms with Crippen molar-refractivity contribution in [2.45, 2.75) is 142 Å². The van der Waals surface area contributed by atoms with E-state index < -0.39 is 53.6 Å². The second-order valence-electron chi connectivity index (χ2n) is 12.7. The molecular weight excluding hydrogens is 675 g/mol. The maximum atomic E-state index is 12.1. The van der Waals surface area contributed by atoms with Crippen molar-refractivity contribution in [3.8, 4) is 0 Å². The Morgan fingerprint density at radius 1 is 0.909 bits per heavy atom. The van der Waals surface area contributed by atoms with Gasteiger partial charge in [0, 0.05) is 0 Å². The number of carbonyl (C=O) groups excluding carboxylic acids is 2. The van der Waals surface area contributed by atoms with Crippen molar-refractivity contribution in [1.29, 1.82) is 0 Å². The van der Waals surface area contributed by atoms with Crippen LogP contribution in [0.3, 0.4) is 0 Å². The summed E-state index contributed by atoms with van der Waals surface area (Å²) < 4.78 is 70.7. The minimum absolute atomic E-state index is 0. The number of alkyl halides is 1. The van der Waals surface area contributed by atoms with E-state index in [2.05, 4.69) is 29.8 Å². The molecule has 0 heterocycles. The fourth-order valence-electron chi connectivity index (χ4n) is 2.42. The van der Waals surface area contributed by atoms with Crippen LogP contribution in [0.25, 0.3) is 0 Å². The van der Waals surface area contributed by atoms with Gasteiger partial charge in [-0.25, -0.2) is 35.9 Å². The van der Waals surface area contributed by atoms with E-state index in [1.165, 1.54) is 6.42 Å². The van der Waals surface area contributed by atoms with Gasteiger partial charge in [0.1, 0.15) is 16.7 Å². The summed E-state index contributed by atoms with van der Waals surface area (Å²) >= 11 is 3.13. The van der Waals surface area contributed by atoms with Gasteiger partial charge in [-0.1, -0.05) is 43.1 Å². The van der Waals surface area contributed by atoms with Crippen molar-refractivity contribution in [3.63, 3.8) is 0 Å². The van der Waals surface area contributed by atoms with Gasteiger partial charge in [0.2, 0.25) is 10.0 Å². The molecule has 16 heteroatoms. The Morgan fingerprint density at radius 3 is 1.57 bits per heavy atom. The maximum Gasteiger partial charge on any atom is 1.00 e. The number of amides is 2. The van der Waals surface area contributed by atoms with Crippen molar-refractivity contribution in [2.75, 3.05) is 12.1 Å². The third-order valence-corrected chi connectivity index (χ3v) is 8.79. The first kappa shape index (κ1) is 47.8. The van der Waals surface area contributed by atoms with Gasteiger partial charge < -0.3 is 25.9 Å². The van der Waals surface area contributed by atoms with Gasteiger partial charge in [-0.15, -0.1) is 0 Å². The first-order valence-electron chi connectivity index (χ1n) is 14.5. The molecule has 2 fully saturated rings. The fourth-order valence-corrected chi connectivity index (χ4v) is 5.45. The van der Waals surface area contributed by atoms with E-state index in [4.69, 9.17) is 18.9 Å². The average Bonchev–Trinajstić information content (AvgIpc) is 3.69. The molecule has 0 spiro atoms. The third-order valence-electron chi connectivity index (χ3n) is 4.78. The maximum absolute atomic E-state index is 12.1. The smallest absolute Gasteiger partial charge is 0.443 e. The van der Waals surface area contributed by atoms with Crippen molar-refractivity contribution in [3.05, 3.63) is 6.92 Å². The zero-order valence-corrected chi connectivity index (χ0v) is 32.1. The normalized spacial score (nSPS) is 15.5. The topological polar surface area (TPSA) is 163 Å². The second kappa shape index (κ2) is 21.3. The molecule has 0 unspecified atom stereocenters.